The van der Waals surface area contributed by atoms with Crippen LogP contribution in [-0.4, -0.2) is 19.7 Å². The van der Waals surface area contributed by atoms with Gasteiger partial charge in [0.15, 0.2) is 17.3 Å². The maximum atomic E-state index is 12.4. The lowest BCUT2D eigenvalue weighted by Crippen LogP contribution is -2.01. The van der Waals surface area contributed by atoms with Crippen LogP contribution < -0.4 is 14.2 Å². The molecule has 1 aliphatic heterocycles. The summed E-state index contributed by atoms with van der Waals surface area (Å²) in [5.74, 6) is 1.63. The van der Waals surface area contributed by atoms with Crippen molar-refractivity contribution < 1.29 is 19.0 Å². The molecular formula is C15H11ClO4. The highest BCUT2D eigenvalue weighted by atomic mass is 35.5. The summed E-state index contributed by atoms with van der Waals surface area (Å²) in [6, 6.07) is 10.0. The van der Waals surface area contributed by atoms with Crippen molar-refractivity contribution in [2.75, 3.05) is 13.9 Å². The standard InChI is InChI=1S/C15H11ClO4/c1-18-12-4-2-9(6-11(12)16)15(17)10-3-5-13-14(7-10)20-8-19-13/h2-7H,8H2,1H3. The van der Waals surface area contributed by atoms with Crippen LogP contribution in [0.5, 0.6) is 17.2 Å². The van der Waals surface area contributed by atoms with Gasteiger partial charge >= 0.3 is 0 Å². The SMILES string of the molecule is COc1ccc(C(=O)c2ccc3c(c2)OCO3)cc1Cl. The molecule has 0 aromatic heterocycles. The Morgan fingerprint density at radius 1 is 1.10 bits per heavy atom. The van der Waals surface area contributed by atoms with Gasteiger partial charge in [0.2, 0.25) is 6.79 Å². The average Bonchev–Trinajstić information content (AvgIpc) is 2.93. The molecule has 0 unspecified atom stereocenters. The zero-order valence-corrected chi connectivity index (χ0v) is 11.4. The van der Waals surface area contributed by atoms with Gasteiger partial charge in [0.1, 0.15) is 5.75 Å². The van der Waals surface area contributed by atoms with Gasteiger partial charge < -0.3 is 14.2 Å². The number of methoxy groups -OCH3 is 1. The molecule has 1 heterocycles. The molecule has 0 spiro atoms. The molecule has 20 heavy (non-hydrogen) atoms. The van der Waals surface area contributed by atoms with Crippen LogP contribution in [0, 0.1) is 0 Å². The summed E-state index contributed by atoms with van der Waals surface area (Å²) in [7, 11) is 1.53. The summed E-state index contributed by atoms with van der Waals surface area (Å²) in [5, 5.41) is 0.402. The van der Waals surface area contributed by atoms with Crippen LogP contribution in [0.15, 0.2) is 36.4 Å². The predicted octanol–water partition coefficient (Wildman–Crippen LogP) is 3.31. The first-order valence-corrected chi connectivity index (χ1v) is 6.35. The van der Waals surface area contributed by atoms with E-state index in [0.717, 1.165) is 0 Å². The normalized spacial score (nSPS) is 12.3. The molecule has 0 saturated carbocycles. The van der Waals surface area contributed by atoms with Crippen molar-refractivity contribution in [1.29, 1.82) is 0 Å². The molecule has 0 radical (unpaired) electrons. The van der Waals surface area contributed by atoms with Crippen LogP contribution >= 0.6 is 11.6 Å². The summed E-state index contributed by atoms with van der Waals surface area (Å²) in [6.45, 7) is 0.182. The van der Waals surface area contributed by atoms with Gasteiger partial charge in [-0.3, -0.25) is 4.79 Å². The van der Waals surface area contributed by atoms with E-state index in [1.807, 2.05) is 0 Å². The number of halogens is 1. The Morgan fingerprint density at radius 3 is 2.55 bits per heavy atom. The summed E-state index contributed by atoms with van der Waals surface area (Å²) in [5.41, 5.74) is 1.02. The summed E-state index contributed by atoms with van der Waals surface area (Å²) in [6.07, 6.45) is 0. The highest BCUT2D eigenvalue weighted by molar-refractivity contribution is 6.32. The molecule has 5 heteroatoms. The third kappa shape index (κ3) is 2.18. The van der Waals surface area contributed by atoms with E-state index in [-0.39, 0.29) is 12.6 Å². The van der Waals surface area contributed by atoms with Crippen LogP contribution in [0.2, 0.25) is 5.02 Å². The molecule has 0 N–H and O–H groups in total. The maximum Gasteiger partial charge on any atom is 0.231 e. The van der Waals surface area contributed by atoms with Gasteiger partial charge in [0.25, 0.3) is 0 Å². The predicted molar refractivity (Wildman–Crippen MR) is 74.0 cm³/mol. The summed E-state index contributed by atoms with van der Waals surface area (Å²) < 4.78 is 15.5. The maximum absolute atomic E-state index is 12.4. The van der Waals surface area contributed by atoms with Gasteiger partial charge in [-0.05, 0) is 36.4 Å². The van der Waals surface area contributed by atoms with E-state index in [9.17, 15) is 4.79 Å². The van der Waals surface area contributed by atoms with Crippen molar-refractivity contribution in [1.82, 2.24) is 0 Å². The number of carbonyl (C=O) groups is 1. The molecular weight excluding hydrogens is 280 g/mol. The van der Waals surface area contributed by atoms with E-state index < -0.39 is 0 Å². The number of ether oxygens (including phenoxy) is 3. The Balaban J connectivity index is 1.94. The van der Waals surface area contributed by atoms with Crippen LogP contribution in [0.25, 0.3) is 0 Å². The molecule has 0 atom stereocenters. The molecule has 2 aromatic rings. The van der Waals surface area contributed by atoms with Gasteiger partial charge in [0.05, 0.1) is 12.1 Å². The third-order valence-electron chi connectivity index (χ3n) is 3.05. The molecule has 1 aliphatic rings. The molecule has 3 rings (SSSR count). The van der Waals surface area contributed by atoms with Gasteiger partial charge in [0, 0.05) is 11.1 Å². The minimum Gasteiger partial charge on any atom is -0.495 e. The molecule has 0 fully saturated rings. The fraction of sp³-hybridized carbons (Fsp3) is 0.133. The lowest BCUT2D eigenvalue weighted by molar-refractivity contribution is 0.103. The zero-order valence-electron chi connectivity index (χ0n) is 10.7. The molecule has 0 aliphatic carbocycles. The smallest absolute Gasteiger partial charge is 0.231 e. The Bertz CT molecular complexity index is 682. The van der Waals surface area contributed by atoms with E-state index in [1.165, 1.54) is 7.11 Å². The highest BCUT2D eigenvalue weighted by Gasteiger charge is 2.17. The number of hydrogen-bond donors (Lipinski definition) is 0. The molecule has 102 valence electrons. The Labute approximate surface area is 120 Å². The Morgan fingerprint density at radius 2 is 1.80 bits per heavy atom. The highest BCUT2D eigenvalue weighted by Crippen LogP contribution is 2.33. The molecule has 0 saturated heterocycles. The second kappa shape index (κ2) is 5.06. The van der Waals surface area contributed by atoms with Crippen molar-refractivity contribution >= 4 is 17.4 Å². The zero-order chi connectivity index (χ0) is 14.1. The number of benzene rings is 2. The van der Waals surface area contributed by atoms with Crippen molar-refractivity contribution in [3.63, 3.8) is 0 Å². The topological polar surface area (TPSA) is 44.8 Å². The quantitative estimate of drug-likeness (QED) is 0.814. The van der Waals surface area contributed by atoms with Crippen LogP contribution in [0.3, 0.4) is 0 Å². The van der Waals surface area contributed by atoms with Gasteiger partial charge in [-0.1, -0.05) is 11.6 Å². The molecule has 0 bridgehead atoms. The van der Waals surface area contributed by atoms with Crippen LogP contribution in [0.4, 0.5) is 0 Å². The lowest BCUT2D eigenvalue weighted by atomic mass is 10.0. The summed E-state index contributed by atoms with van der Waals surface area (Å²) in [4.78, 5) is 12.4. The number of ketones is 1. The second-order valence-electron chi connectivity index (χ2n) is 4.25. The number of fused-ring (bicyclic) bond motifs is 1. The number of carbonyl (C=O) groups excluding carboxylic acids is 1. The lowest BCUT2D eigenvalue weighted by Gasteiger charge is -2.06. The van der Waals surface area contributed by atoms with Crippen LogP contribution in [0.1, 0.15) is 15.9 Å². The van der Waals surface area contributed by atoms with E-state index in [2.05, 4.69) is 0 Å². The van der Waals surface area contributed by atoms with Crippen molar-refractivity contribution in [2.24, 2.45) is 0 Å². The second-order valence-corrected chi connectivity index (χ2v) is 4.65. The third-order valence-corrected chi connectivity index (χ3v) is 3.34. The monoisotopic (exact) mass is 290 g/mol. The minimum atomic E-state index is -0.132. The largest absolute Gasteiger partial charge is 0.495 e. The first-order valence-electron chi connectivity index (χ1n) is 5.97. The number of rotatable bonds is 3. The van der Waals surface area contributed by atoms with Gasteiger partial charge in [-0.25, -0.2) is 0 Å². The fourth-order valence-electron chi connectivity index (χ4n) is 2.01. The molecule has 2 aromatic carbocycles. The first kappa shape index (κ1) is 12.8. The molecule has 4 nitrogen and oxygen atoms in total. The average molecular weight is 291 g/mol. The Hall–Kier alpha value is -2.20. The fourth-order valence-corrected chi connectivity index (χ4v) is 2.27. The van der Waals surface area contributed by atoms with E-state index in [0.29, 0.717) is 33.4 Å². The van der Waals surface area contributed by atoms with Crippen molar-refractivity contribution in [2.45, 2.75) is 0 Å². The van der Waals surface area contributed by atoms with Crippen molar-refractivity contribution in [3.05, 3.63) is 52.5 Å². The van der Waals surface area contributed by atoms with Crippen molar-refractivity contribution in [3.8, 4) is 17.2 Å². The minimum absolute atomic E-state index is 0.132. The molecule has 0 amide bonds. The van der Waals surface area contributed by atoms with Gasteiger partial charge in [-0.2, -0.15) is 0 Å². The van der Waals surface area contributed by atoms with E-state index in [1.54, 1.807) is 36.4 Å². The van der Waals surface area contributed by atoms with Crippen LogP contribution in [-0.2, 0) is 0 Å². The van der Waals surface area contributed by atoms with Gasteiger partial charge in [-0.15, -0.1) is 0 Å². The Kier molecular flexibility index (Phi) is 3.24. The summed E-state index contributed by atoms with van der Waals surface area (Å²) >= 11 is 6.03. The van der Waals surface area contributed by atoms with E-state index >= 15 is 0 Å². The first-order chi connectivity index (χ1) is 9.69. The van der Waals surface area contributed by atoms with E-state index in [4.69, 9.17) is 25.8 Å². The number of hydrogen-bond acceptors (Lipinski definition) is 4.